The second kappa shape index (κ2) is 12.9. The lowest BCUT2D eigenvalue weighted by Crippen LogP contribution is -1.96. The van der Waals surface area contributed by atoms with Gasteiger partial charge >= 0.3 is 5.97 Å². The third kappa shape index (κ3) is 6.40. The molecule has 5 nitrogen and oxygen atoms in total. The Bertz CT molecular complexity index is 1650. The van der Waals surface area contributed by atoms with Gasteiger partial charge in [-0.25, -0.2) is 4.79 Å². The monoisotopic (exact) mass is 550 g/mol. The molecule has 0 bridgehead atoms. The van der Waals surface area contributed by atoms with Crippen LogP contribution in [0, 0.1) is 0 Å². The molecule has 0 atom stereocenters. The molecule has 0 aliphatic carbocycles. The molecular weight excluding hydrogens is 516 g/mol. The number of oxime groups is 1. The zero-order valence-electron chi connectivity index (χ0n) is 23.1. The summed E-state index contributed by atoms with van der Waals surface area (Å²) in [5.41, 5.74) is 6.71. The Balaban J connectivity index is 1.35. The molecule has 2 aromatic heterocycles. The zero-order valence-corrected chi connectivity index (χ0v) is 23.9. The van der Waals surface area contributed by atoms with Gasteiger partial charge in [0.15, 0.2) is 5.78 Å². The second-order valence-electron chi connectivity index (χ2n) is 10.2. The van der Waals surface area contributed by atoms with Crippen molar-refractivity contribution in [1.82, 2.24) is 4.57 Å². The number of carbonyl (C=O) groups excluding carboxylic acids is 2. The summed E-state index contributed by atoms with van der Waals surface area (Å²) in [4.78, 5) is 28.4. The van der Waals surface area contributed by atoms with Crippen molar-refractivity contribution in [3.8, 4) is 16.1 Å². The summed E-state index contributed by atoms with van der Waals surface area (Å²) in [7, 11) is 0. The van der Waals surface area contributed by atoms with Gasteiger partial charge in [-0.3, -0.25) is 4.79 Å². The first-order valence-corrected chi connectivity index (χ1v) is 14.8. The molecule has 5 aromatic rings. The van der Waals surface area contributed by atoms with Crippen molar-refractivity contribution in [2.24, 2.45) is 5.16 Å². The van der Waals surface area contributed by atoms with Crippen molar-refractivity contribution in [2.75, 3.05) is 0 Å². The van der Waals surface area contributed by atoms with E-state index in [4.69, 9.17) is 0 Å². The highest BCUT2D eigenvalue weighted by Gasteiger charge is 2.15. The predicted octanol–water partition coefficient (Wildman–Crippen LogP) is 9.15. The molecule has 0 spiro atoms. The zero-order chi connectivity index (χ0) is 27.9. The highest BCUT2D eigenvalue weighted by atomic mass is 32.1. The Hall–Kier alpha value is -4.03. The highest BCUT2D eigenvalue weighted by Crippen LogP contribution is 2.36. The van der Waals surface area contributed by atoms with E-state index >= 15 is 0 Å². The molecule has 0 fully saturated rings. The van der Waals surface area contributed by atoms with E-state index in [9.17, 15) is 9.59 Å². The van der Waals surface area contributed by atoms with E-state index in [0.717, 1.165) is 43.4 Å². The molecule has 2 heterocycles. The summed E-state index contributed by atoms with van der Waals surface area (Å²) < 4.78 is 2.31. The fraction of sp³-hybridized carbons (Fsp3) is 0.265. The average molecular weight is 551 g/mol. The van der Waals surface area contributed by atoms with Gasteiger partial charge in [0.2, 0.25) is 0 Å². The van der Waals surface area contributed by atoms with Crippen LogP contribution in [0.25, 0.3) is 37.9 Å². The van der Waals surface area contributed by atoms with Crippen LogP contribution in [0.4, 0.5) is 0 Å². The molecule has 6 heteroatoms. The van der Waals surface area contributed by atoms with Crippen LogP contribution in [0.3, 0.4) is 0 Å². The SMILES string of the molecule is CC(=O)ON=CCCCCCCCc1ccc2c(c1)c1cc(-c3cccs3)ccc1n2-c1ccc(C(C)=O)cc1. The number of aromatic nitrogens is 1. The first kappa shape index (κ1) is 27.5. The van der Waals surface area contributed by atoms with Gasteiger partial charge in [-0.2, -0.15) is 0 Å². The lowest BCUT2D eigenvalue weighted by molar-refractivity contribution is -0.140. The van der Waals surface area contributed by atoms with Gasteiger partial charge in [0, 0.05) is 40.0 Å². The molecule has 0 unspecified atom stereocenters. The van der Waals surface area contributed by atoms with Crippen molar-refractivity contribution >= 4 is 51.1 Å². The maximum absolute atomic E-state index is 11.8. The molecule has 0 saturated heterocycles. The number of nitrogens with zero attached hydrogens (tertiary/aromatic N) is 2. The number of ketones is 1. The number of Topliss-reactive ketones (excluding diaryl/α,β-unsaturated/α-hetero) is 1. The number of fused-ring (bicyclic) bond motifs is 3. The fourth-order valence-electron chi connectivity index (χ4n) is 5.20. The fourth-order valence-corrected chi connectivity index (χ4v) is 5.93. The summed E-state index contributed by atoms with van der Waals surface area (Å²) in [6.07, 6.45) is 9.28. The first-order chi connectivity index (χ1) is 19.5. The van der Waals surface area contributed by atoms with Gasteiger partial charge in [0.1, 0.15) is 0 Å². The van der Waals surface area contributed by atoms with Crippen molar-refractivity contribution in [3.05, 3.63) is 89.3 Å². The number of hydrogen-bond donors (Lipinski definition) is 0. The van der Waals surface area contributed by atoms with Gasteiger partial charge in [-0.05, 0) is 104 Å². The molecule has 5 rings (SSSR count). The van der Waals surface area contributed by atoms with Crippen LogP contribution in [0.15, 0.2) is 83.3 Å². The number of aryl methyl sites for hydroxylation is 1. The summed E-state index contributed by atoms with van der Waals surface area (Å²) in [6, 6.07) is 25.8. The normalized spacial score (nSPS) is 11.6. The lowest BCUT2D eigenvalue weighted by atomic mass is 10.0. The predicted molar refractivity (Wildman–Crippen MR) is 166 cm³/mol. The Morgan fingerprint density at radius 3 is 2.30 bits per heavy atom. The van der Waals surface area contributed by atoms with E-state index < -0.39 is 0 Å². The third-order valence-electron chi connectivity index (χ3n) is 7.22. The van der Waals surface area contributed by atoms with Gasteiger partial charge in [0.25, 0.3) is 0 Å². The average Bonchev–Trinajstić information content (AvgIpc) is 3.60. The smallest absolute Gasteiger partial charge is 0.319 e. The van der Waals surface area contributed by atoms with E-state index in [0.29, 0.717) is 0 Å². The van der Waals surface area contributed by atoms with Crippen molar-refractivity contribution < 1.29 is 14.4 Å². The Labute approximate surface area is 239 Å². The highest BCUT2D eigenvalue weighted by molar-refractivity contribution is 7.13. The van der Waals surface area contributed by atoms with Crippen LogP contribution < -0.4 is 0 Å². The van der Waals surface area contributed by atoms with Crippen molar-refractivity contribution in [3.63, 3.8) is 0 Å². The van der Waals surface area contributed by atoms with E-state index in [1.165, 1.54) is 57.6 Å². The maximum Gasteiger partial charge on any atom is 0.331 e. The van der Waals surface area contributed by atoms with Crippen LogP contribution in [0.2, 0.25) is 0 Å². The van der Waals surface area contributed by atoms with E-state index in [1.54, 1.807) is 24.5 Å². The van der Waals surface area contributed by atoms with Crippen LogP contribution >= 0.6 is 11.3 Å². The quantitative estimate of drug-likeness (QED) is 0.0511. The Kier molecular flexibility index (Phi) is 8.87. The van der Waals surface area contributed by atoms with E-state index in [2.05, 4.69) is 68.5 Å². The Morgan fingerprint density at radius 1 is 0.850 bits per heavy atom. The number of benzene rings is 3. The number of thiophene rings is 1. The minimum atomic E-state index is -0.384. The molecule has 0 aliphatic rings. The van der Waals surface area contributed by atoms with E-state index in [1.807, 2.05) is 24.3 Å². The molecule has 0 amide bonds. The van der Waals surface area contributed by atoms with Crippen LogP contribution in [-0.4, -0.2) is 22.5 Å². The minimum absolute atomic E-state index is 0.0760. The third-order valence-corrected chi connectivity index (χ3v) is 8.14. The second-order valence-corrected chi connectivity index (χ2v) is 11.1. The molecule has 204 valence electrons. The Morgan fingerprint density at radius 2 is 1.57 bits per heavy atom. The molecule has 0 radical (unpaired) electrons. The minimum Gasteiger partial charge on any atom is -0.319 e. The largest absolute Gasteiger partial charge is 0.331 e. The van der Waals surface area contributed by atoms with Gasteiger partial charge in [0.05, 0.1) is 11.0 Å². The molecule has 3 aromatic carbocycles. The van der Waals surface area contributed by atoms with Gasteiger partial charge < -0.3 is 9.40 Å². The van der Waals surface area contributed by atoms with Crippen LogP contribution in [-0.2, 0) is 16.1 Å². The standard InChI is InChI=1S/C34H34N2O3S/c1-24(37)27-13-16-29(17-14-27)36-32-18-12-26(10-7-5-3-4-6-8-20-35-39-25(2)38)22-30(32)31-23-28(15-19-33(31)36)34-11-9-21-40-34/h9,11-23H,3-8,10H2,1-2H3. The summed E-state index contributed by atoms with van der Waals surface area (Å²) in [5.74, 6) is -0.308. The molecule has 0 aliphatic heterocycles. The number of carbonyl (C=O) groups is 2. The summed E-state index contributed by atoms with van der Waals surface area (Å²) in [6.45, 7) is 2.96. The number of hydrogen-bond acceptors (Lipinski definition) is 5. The van der Waals surface area contributed by atoms with Gasteiger partial charge in [-0.15, -0.1) is 11.3 Å². The number of rotatable bonds is 12. The topological polar surface area (TPSA) is 60.7 Å². The number of unbranched alkanes of at least 4 members (excludes halogenated alkanes) is 5. The molecule has 0 saturated carbocycles. The molecular formula is C34H34N2O3S. The van der Waals surface area contributed by atoms with Crippen molar-refractivity contribution in [1.29, 1.82) is 0 Å². The lowest BCUT2D eigenvalue weighted by Gasteiger charge is -2.09. The van der Waals surface area contributed by atoms with Crippen molar-refractivity contribution in [2.45, 2.75) is 58.8 Å². The summed E-state index contributed by atoms with van der Waals surface area (Å²) >= 11 is 1.76. The van der Waals surface area contributed by atoms with Crippen LogP contribution in [0.1, 0.15) is 68.3 Å². The van der Waals surface area contributed by atoms with Gasteiger partial charge in [-0.1, -0.05) is 42.6 Å². The first-order valence-electron chi connectivity index (χ1n) is 13.9. The molecule has 40 heavy (non-hydrogen) atoms. The molecule has 0 N–H and O–H groups in total. The van der Waals surface area contributed by atoms with E-state index in [-0.39, 0.29) is 11.8 Å². The maximum atomic E-state index is 11.8. The van der Waals surface area contributed by atoms with Crippen LogP contribution in [0.5, 0.6) is 0 Å². The summed E-state index contributed by atoms with van der Waals surface area (Å²) in [5, 5.41) is 8.27.